The van der Waals surface area contributed by atoms with E-state index in [0.29, 0.717) is 18.8 Å². The molecule has 0 aliphatic heterocycles. The normalized spacial score (nSPS) is 10.4. The van der Waals surface area contributed by atoms with Gasteiger partial charge in [0.25, 0.3) is 5.91 Å². The Morgan fingerprint density at radius 1 is 1.19 bits per heavy atom. The zero-order valence-corrected chi connectivity index (χ0v) is 13.0. The average molecular weight is 304 g/mol. The molecule has 1 amide bonds. The molecule has 110 valence electrons. The van der Waals surface area contributed by atoms with E-state index in [4.69, 9.17) is 11.6 Å². The maximum Gasteiger partial charge on any atom is 0.274 e. The number of nitrogens with zero attached hydrogens (tertiary/aromatic N) is 3. The molecule has 0 atom stereocenters. The number of carbonyl (C=O) groups excluding carboxylic acids is 1. The summed E-state index contributed by atoms with van der Waals surface area (Å²) in [5.74, 6) is -0.124. The van der Waals surface area contributed by atoms with Crippen LogP contribution >= 0.6 is 11.6 Å². The van der Waals surface area contributed by atoms with Gasteiger partial charge in [-0.15, -0.1) is 0 Å². The van der Waals surface area contributed by atoms with Crippen LogP contribution in [0.25, 0.3) is 0 Å². The van der Waals surface area contributed by atoms with Gasteiger partial charge in [-0.1, -0.05) is 48.4 Å². The fourth-order valence-electron chi connectivity index (χ4n) is 2.02. The fraction of sp³-hybridized carbons (Fsp3) is 0.312. The van der Waals surface area contributed by atoms with Gasteiger partial charge in [-0.2, -0.15) is 0 Å². The van der Waals surface area contributed by atoms with Gasteiger partial charge in [0.1, 0.15) is 10.8 Å². The summed E-state index contributed by atoms with van der Waals surface area (Å²) in [5.41, 5.74) is 2.62. The second kappa shape index (κ2) is 7.18. The lowest BCUT2D eigenvalue weighted by Gasteiger charge is -2.21. The largest absolute Gasteiger partial charge is 0.333 e. The summed E-state index contributed by atoms with van der Waals surface area (Å²) < 4.78 is 0. The number of hydrogen-bond donors (Lipinski definition) is 0. The van der Waals surface area contributed by atoms with Gasteiger partial charge in [0.15, 0.2) is 0 Å². The first-order valence-electron chi connectivity index (χ1n) is 6.92. The highest BCUT2D eigenvalue weighted by Crippen LogP contribution is 2.11. The van der Waals surface area contributed by atoms with Gasteiger partial charge in [-0.3, -0.25) is 4.79 Å². The van der Waals surface area contributed by atoms with E-state index in [1.807, 2.05) is 38.1 Å². The van der Waals surface area contributed by atoms with Gasteiger partial charge in [0.05, 0.1) is 12.4 Å². The average Bonchev–Trinajstić information content (AvgIpc) is 2.49. The van der Waals surface area contributed by atoms with Crippen LogP contribution in [-0.2, 0) is 6.54 Å². The Morgan fingerprint density at radius 3 is 2.48 bits per heavy atom. The van der Waals surface area contributed by atoms with Gasteiger partial charge in [0.2, 0.25) is 0 Å². The van der Waals surface area contributed by atoms with Gasteiger partial charge < -0.3 is 4.90 Å². The highest BCUT2D eigenvalue weighted by atomic mass is 35.5. The van der Waals surface area contributed by atoms with Crippen LogP contribution in [0.5, 0.6) is 0 Å². The van der Waals surface area contributed by atoms with E-state index in [1.165, 1.54) is 18.0 Å². The molecule has 1 aromatic heterocycles. The third-order valence-electron chi connectivity index (χ3n) is 3.11. The molecule has 0 unspecified atom stereocenters. The zero-order valence-electron chi connectivity index (χ0n) is 12.2. The molecule has 1 heterocycles. The molecule has 0 aliphatic carbocycles. The number of amides is 1. The lowest BCUT2D eigenvalue weighted by atomic mass is 10.1. The Hall–Kier alpha value is -1.94. The van der Waals surface area contributed by atoms with E-state index >= 15 is 0 Å². The minimum Gasteiger partial charge on any atom is -0.333 e. The summed E-state index contributed by atoms with van der Waals surface area (Å²) in [5, 5.41) is 0.284. The highest BCUT2D eigenvalue weighted by Gasteiger charge is 2.17. The van der Waals surface area contributed by atoms with E-state index in [-0.39, 0.29) is 11.1 Å². The van der Waals surface area contributed by atoms with Gasteiger partial charge in [-0.05, 0) is 18.9 Å². The maximum atomic E-state index is 12.5. The number of carbonyl (C=O) groups is 1. The number of halogens is 1. The van der Waals surface area contributed by atoms with E-state index in [2.05, 4.69) is 9.97 Å². The Kier molecular flexibility index (Phi) is 5.28. The van der Waals surface area contributed by atoms with Crippen LogP contribution in [0.4, 0.5) is 0 Å². The second-order valence-electron chi connectivity index (χ2n) is 4.94. The number of benzene rings is 1. The van der Waals surface area contributed by atoms with Crippen LogP contribution in [0.2, 0.25) is 5.15 Å². The van der Waals surface area contributed by atoms with E-state index in [9.17, 15) is 4.79 Å². The van der Waals surface area contributed by atoms with Crippen molar-refractivity contribution in [1.82, 2.24) is 14.9 Å². The summed E-state index contributed by atoms with van der Waals surface area (Å²) >= 11 is 5.70. The Labute approximate surface area is 129 Å². The van der Waals surface area contributed by atoms with E-state index in [1.54, 1.807) is 4.90 Å². The van der Waals surface area contributed by atoms with E-state index in [0.717, 1.165) is 12.0 Å². The van der Waals surface area contributed by atoms with Crippen LogP contribution in [0, 0.1) is 6.92 Å². The predicted octanol–water partition coefficient (Wildman–Crippen LogP) is 3.49. The quantitative estimate of drug-likeness (QED) is 0.849. The first-order chi connectivity index (χ1) is 10.1. The van der Waals surface area contributed by atoms with E-state index < -0.39 is 0 Å². The Balaban J connectivity index is 2.15. The lowest BCUT2D eigenvalue weighted by molar-refractivity contribution is 0.0737. The fourth-order valence-corrected chi connectivity index (χ4v) is 2.12. The summed E-state index contributed by atoms with van der Waals surface area (Å²) in [6.45, 7) is 5.33. The third-order valence-corrected chi connectivity index (χ3v) is 3.31. The summed E-state index contributed by atoms with van der Waals surface area (Å²) in [6, 6.07) is 8.18. The molecule has 0 saturated carbocycles. The molecule has 0 spiro atoms. The molecule has 4 nitrogen and oxygen atoms in total. The van der Waals surface area contributed by atoms with Crippen molar-refractivity contribution in [1.29, 1.82) is 0 Å². The summed E-state index contributed by atoms with van der Waals surface area (Å²) in [6.07, 6.45) is 3.70. The van der Waals surface area contributed by atoms with Crippen molar-refractivity contribution in [3.05, 3.63) is 58.6 Å². The molecule has 5 heteroatoms. The monoisotopic (exact) mass is 303 g/mol. The molecular weight excluding hydrogens is 286 g/mol. The number of aromatic nitrogens is 2. The molecule has 0 N–H and O–H groups in total. The molecule has 2 rings (SSSR count). The second-order valence-corrected chi connectivity index (χ2v) is 5.32. The molecular formula is C16H18ClN3O. The van der Waals surface area contributed by atoms with Gasteiger partial charge in [-0.25, -0.2) is 9.97 Å². The molecule has 2 aromatic rings. The van der Waals surface area contributed by atoms with Crippen LogP contribution < -0.4 is 0 Å². The minimum absolute atomic E-state index is 0.124. The molecule has 0 bridgehead atoms. The number of hydrogen-bond acceptors (Lipinski definition) is 3. The maximum absolute atomic E-state index is 12.5. The smallest absolute Gasteiger partial charge is 0.274 e. The first kappa shape index (κ1) is 15.4. The summed E-state index contributed by atoms with van der Waals surface area (Å²) in [7, 11) is 0. The minimum atomic E-state index is -0.124. The lowest BCUT2D eigenvalue weighted by Crippen LogP contribution is -2.32. The standard InChI is InChI=1S/C16H18ClN3O/c1-3-8-20(11-13-6-4-12(2)5-7-13)16(21)14-9-19-15(17)10-18-14/h4-7,9-10H,3,8,11H2,1-2H3. The number of aryl methyl sites for hydroxylation is 1. The Bertz CT molecular complexity index is 596. The molecule has 0 aliphatic rings. The van der Waals surface area contributed by atoms with Crippen molar-refractivity contribution in [2.45, 2.75) is 26.8 Å². The molecule has 1 aromatic carbocycles. The van der Waals surface area contributed by atoms with Crippen molar-refractivity contribution in [3.63, 3.8) is 0 Å². The van der Waals surface area contributed by atoms with Crippen molar-refractivity contribution >= 4 is 17.5 Å². The molecule has 0 saturated heterocycles. The highest BCUT2D eigenvalue weighted by molar-refractivity contribution is 6.29. The SMILES string of the molecule is CCCN(Cc1ccc(C)cc1)C(=O)c1cnc(Cl)cn1. The Morgan fingerprint density at radius 2 is 1.90 bits per heavy atom. The van der Waals surface area contributed by atoms with Gasteiger partial charge >= 0.3 is 0 Å². The van der Waals surface area contributed by atoms with Crippen LogP contribution in [0.1, 0.15) is 35.0 Å². The summed E-state index contributed by atoms with van der Waals surface area (Å²) in [4.78, 5) is 22.2. The van der Waals surface area contributed by atoms with Crippen LogP contribution in [0.15, 0.2) is 36.7 Å². The van der Waals surface area contributed by atoms with Crippen LogP contribution in [0.3, 0.4) is 0 Å². The van der Waals surface area contributed by atoms with Crippen LogP contribution in [-0.4, -0.2) is 27.3 Å². The van der Waals surface area contributed by atoms with Crippen molar-refractivity contribution in [3.8, 4) is 0 Å². The van der Waals surface area contributed by atoms with Crippen molar-refractivity contribution in [2.24, 2.45) is 0 Å². The topological polar surface area (TPSA) is 46.1 Å². The third kappa shape index (κ3) is 4.26. The zero-order chi connectivity index (χ0) is 15.2. The van der Waals surface area contributed by atoms with Gasteiger partial charge in [0, 0.05) is 13.1 Å². The predicted molar refractivity (Wildman–Crippen MR) is 83.3 cm³/mol. The molecule has 0 radical (unpaired) electrons. The molecule has 21 heavy (non-hydrogen) atoms. The van der Waals surface area contributed by atoms with Crippen molar-refractivity contribution in [2.75, 3.05) is 6.54 Å². The molecule has 0 fully saturated rings. The first-order valence-corrected chi connectivity index (χ1v) is 7.30. The number of rotatable bonds is 5. The van der Waals surface area contributed by atoms with Crippen molar-refractivity contribution < 1.29 is 4.79 Å².